The lowest BCUT2D eigenvalue weighted by Crippen LogP contribution is -2.07. The highest BCUT2D eigenvalue weighted by atomic mass is 32.2. The SMILES string of the molecule is CC(=O)Nc1ccc(S(=O)(=O)O)nc1. The van der Waals surface area contributed by atoms with Gasteiger partial charge in [-0.2, -0.15) is 8.42 Å². The first kappa shape index (κ1) is 10.6. The Morgan fingerprint density at radius 2 is 2.14 bits per heavy atom. The van der Waals surface area contributed by atoms with Crippen molar-refractivity contribution in [2.24, 2.45) is 0 Å². The van der Waals surface area contributed by atoms with Crippen molar-refractivity contribution in [1.82, 2.24) is 4.98 Å². The van der Waals surface area contributed by atoms with Crippen molar-refractivity contribution >= 4 is 21.7 Å². The molecule has 6 nitrogen and oxygen atoms in total. The first-order valence-corrected chi connectivity index (χ1v) is 5.05. The van der Waals surface area contributed by atoms with E-state index in [0.717, 1.165) is 12.3 Å². The number of nitrogens with zero attached hydrogens (tertiary/aromatic N) is 1. The number of hydrogen-bond acceptors (Lipinski definition) is 4. The van der Waals surface area contributed by atoms with Gasteiger partial charge in [0, 0.05) is 6.92 Å². The Morgan fingerprint density at radius 1 is 1.50 bits per heavy atom. The molecule has 0 aliphatic heterocycles. The molecule has 0 aliphatic rings. The van der Waals surface area contributed by atoms with Gasteiger partial charge in [-0.05, 0) is 12.1 Å². The first-order chi connectivity index (χ1) is 6.39. The fourth-order valence-electron chi connectivity index (χ4n) is 0.810. The van der Waals surface area contributed by atoms with E-state index in [0.29, 0.717) is 5.69 Å². The zero-order valence-electron chi connectivity index (χ0n) is 7.26. The van der Waals surface area contributed by atoms with E-state index in [1.165, 1.54) is 13.0 Å². The Hall–Kier alpha value is -1.47. The van der Waals surface area contributed by atoms with E-state index in [9.17, 15) is 13.2 Å². The van der Waals surface area contributed by atoms with Crippen LogP contribution in [-0.4, -0.2) is 23.9 Å². The molecule has 0 radical (unpaired) electrons. The van der Waals surface area contributed by atoms with Crippen LogP contribution < -0.4 is 5.32 Å². The van der Waals surface area contributed by atoms with Crippen LogP contribution in [0.4, 0.5) is 5.69 Å². The summed E-state index contributed by atoms with van der Waals surface area (Å²) in [7, 11) is -4.27. The van der Waals surface area contributed by atoms with Gasteiger partial charge in [0.15, 0.2) is 5.03 Å². The monoisotopic (exact) mass is 216 g/mol. The molecule has 1 amide bonds. The smallest absolute Gasteiger partial charge is 0.312 e. The predicted octanol–water partition coefficient (Wildman–Crippen LogP) is 0.287. The summed E-state index contributed by atoms with van der Waals surface area (Å²) in [4.78, 5) is 14.0. The summed E-state index contributed by atoms with van der Waals surface area (Å²) in [5.41, 5.74) is 0.366. The number of carbonyl (C=O) groups excluding carboxylic acids is 1. The first-order valence-electron chi connectivity index (χ1n) is 3.61. The molecule has 0 aromatic carbocycles. The fraction of sp³-hybridized carbons (Fsp3) is 0.143. The Bertz CT molecular complexity index is 437. The van der Waals surface area contributed by atoms with Gasteiger partial charge in [0.25, 0.3) is 0 Å². The lowest BCUT2D eigenvalue weighted by molar-refractivity contribution is -0.114. The molecule has 0 saturated carbocycles. The largest absolute Gasteiger partial charge is 0.325 e. The summed E-state index contributed by atoms with van der Waals surface area (Å²) in [6, 6.07) is 2.43. The maximum absolute atomic E-state index is 10.6. The van der Waals surface area contributed by atoms with Gasteiger partial charge >= 0.3 is 10.1 Å². The van der Waals surface area contributed by atoms with E-state index in [2.05, 4.69) is 10.3 Å². The second-order valence-electron chi connectivity index (χ2n) is 2.54. The fourth-order valence-corrected chi connectivity index (χ4v) is 1.24. The number of amides is 1. The molecule has 0 atom stereocenters. The highest BCUT2D eigenvalue weighted by molar-refractivity contribution is 7.85. The molecule has 1 aromatic heterocycles. The molecule has 1 aromatic rings. The maximum Gasteiger partial charge on any atom is 0.312 e. The van der Waals surface area contributed by atoms with Crippen LogP contribution in [0.5, 0.6) is 0 Å². The normalized spacial score (nSPS) is 11.0. The molecule has 0 spiro atoms. The number of nitrogens with one attached hydrogen (secondary N) is 1. The molecule has 7 heteroatoms. The van der Waals surface area contributed by atoms with Crippen molar-refractivity contribution in [3.8, 4) is 0 Å². The Kier molecular flexibility index (Phi) is 2.82. The van der Waals surface area contributed by atoms with Crippen molar-refractivity contribution < 1.29 is 17.8 Å². The topological polar surface area (TPSA) is 96.4 Å². The molecular formula is C7H8N2O4S. The minimum atomic E-state index is -4.27. The van der Waals surface area contributed by atoms with Crippen LogP contribution in [0.3, 0.4) is 0 Å². The van der Waals surface area contributed by atoms with E-state index >= 15 is 0 Å². The third kappa shape index (κ3) is 2.79. The highest BCUT2D eigenvalue weighted by Gasteiger charge is 2.10. The lowest BCUT2D eigenvalue weighted by Gasteiger charge is -2.01. The van der Waals surface area contributed by atoms with Crippen LogP contribution >= 0.6 is 0 Å². The molecule has 0 bridgehead atoms. The van der Waals surface area contributed by atoms with Gasteiger partial charge in [0.1, 0.15) is 0 Å². The summed E-state index contributed by atoms with van der Waals surface area (Å²) in [5, 5.41) is 1.95. The molecule has 76 valence electrons. The summed E-state index contributed by atoms with van der Waals surface area (Å²) in [5.74, 6) is -0.286. The number of hydrogen-bond donors (Lipinski definition) is 2. The van der Waals surface area contributed by atoms with Gasteiger partial charge in [-0.25, -0.2) is 4.98 Å². The molecule has 2 N–H and O–H groups in total. The van der Waals surface area contributed by atoms with E-state index < -0.39 is 15.1 Å². The molecule has 1 heterocycles. The quantitative estimate of drug-likeness (QED) is 0.692. The van der Waals surface area contributed by atoms with E-state index in [1.807, 2.05) is 0 Å². The molecule has 14 heavy (non-hydrogen) atoms. The summed E-state index contributed by atoms with van der Waals surface area (Å²) >= 11 is 0. The summed E-state index contributed by atoms with van der Waals surface area (Å²) in [6.07, 6.45) is 1.14. The molecule has 1 rings (SSSR count). The molecule has 0 aliphatic carbocycles. The second kappa shape index (κ2) is 3.72. The van der Waals surface area contributed by atoms with E-state index in [-0.39, 0.29) is 5.91 Å². The molecular weight excluding hydrogens is 208 g/mol. The van der Waals surface area contributed by atoms with Crippen molar-refractivity contribution in [2.45, 2.75) is 11.9 Å². The number of pyridine rings is 1. The Morgan fingerprint density at radius 3 is 2.50 bits per heavy atom. The van der Waals surface area contributed by atoms with Crippen LogP contribution in [0.25, 0.3) is 0 Å². The summed E-state index contributed by atoms with van der Waals surface area (Å²) < 4.78 is 29.7. The van der Waals surface area contributed by atoms with Crippen LogP contribution in [0.1, 0.15) is 6.92 Å². The van der Waals surface area contributed by atoms with Gasteiger partial charge in [-0.3, -0.25) is 9.35 Å². The van der Waals surface area contributed by atoms with Gasteiger partial charge in [-0.1, -0.05) is 0 Å². The van der Waals surface area contributed by atoms with Gasteiger partial charge in [0.05, 0.1) is 11.9 Å². The molecule has 0 saturated heterocycles. The Labute approximate surface area is 80.7 Å². The van der Waals surface area contributed by atoms with Crippen LogP contribution in [0.15, 0.2) is 23.4 Å². The van der Waals surface area contributed by atoms with Crippen LogP contribution in [0.2, 0.25) is 0 Å². The zero-order chi connectivity index (χ0) is 10.8. The predicted molar refractivity (Wildman–Crippen MR) is 48.4 cm³/mol. The van der Waals surface area contributed by atoms with Crippen molar-refractivity contribution in [3.05, 3.63) is 18.3 Å². The van der Waals surface area contributed by atoms with Crippen molar-refractivity contribution in [2.75, 3.05) is 5.32 Å². The van der Waals surface area contributed by atoms with E-state index in [4.69, 9.17) is 4.55 Å². The van der Waals surface area contributed by atoms with E-state index in [1.54, 1.807) is 0 Å². The third-order valence-electron chi connectivity index (χ3n) is 1.32. The Balaban J connectivity index is 2.95. The average Bonchev–Trinajstić information content (AvgIpc) is 2.02. The number of carbonyl (C=O) groups is 1. The minimum Gasteiger partial charge on any atom is -0.325 e. The summed E-state index contributed by atoms with van der Waals surface area (Å²) in [6.45, 7) is 1.32. The lowest BCUT2D eigenvalue weighted by atomic mass is 10.4. The van der Waals surface area contributed by atoms with Crippen LogP contribution in [0, 0.1) is 0 Å². The van der Waals surface area contributed by atoms with Crippen molar-refractivity contribution in [1.29, 1.82) is 0 Å². The van der Waals surface area contributed by atoms with Crippen LogP contribution in [-0.2, 0) is 14.9 Å². The van der Waals surface area contributed by atoms with Gasteiger partial charge in [0.2, 0.25) is 5.91 Å². The second-order valence-corrected chi connectivity index (χ2v) is 3.91. The number of aromatic nitrogens is 1. The molecule has 0 unspecified atom stereocenters. The minimum absolute atomic E-state index is 0.286. The molecule has 0 fully saturated rings. The van der Waals surface area contributed by atoms with Crippen molar-refractivity contribution in [3.63, 3.8) is 0 Å². The highest BCUT2D eigenvalue weighted by Crippen LogP contribution is 2.09. The number of rotatable bonds is 2. The number of anilines is 1. The standard InChI is InChI=1S/C7H8N2O4S/c1-5(10)9-6-2-3-7(8-4-6)14(11,12)13/h2-4H,1H3,(H,9,10)(H,11,12,13). The van der Waals surface area contributed by atoms with Gasteiger partial charge in [-0.15, -0.1) is 0 Å². The van der Waals surface area contributed by atoms with Gasteiger partial charge < -0.3 is 5.32 Å². The zero-order valence-corrected chi connectivity index (χ0v) is 8.08. The third-order valence-corrected chi connectivity index (χ3v) is 2.09. The maximum atomic E-state index is 10.6. The average molecular weight is 216 g/mol.